The van der Waals surface area contributed by atoms with Gasteiger partial charge in [-0.25, -0.2) is 9.59 Å². The van der Waals surface area contributed by atoms with Gasteiger partial charge in [-0.3, -0.25) is 0 Å². The van der Waals surface area contributed by atoms with E-state index in [1.807, 2.05) is 30.3 Å². The molecule has 0 N–H and O–H groups in total. The van der Waals surface area contributed by atoms with Crippen molar-refractivity contribution in [3.8, 4) is 0 Å². The summed E-state index contributed by atoms with van der Waals surface area (Å²) in [5.41, 5.74) is 1.40. The van der Waals surface area contributed by atoms with Crippen LogP contribution in [0.15, 0.2) is 54.6 Å². The zero-order valence-corrected chi connectivity index (χ0v) is 18.1. The van der Waals surface area contributed by atoms with E-state index in [9.17, 15) is 9.59 Å². The molecule has 2 aromatic rings. The molecular weight excluding hydrogens is 376 g/mol. The molecular formula is C26H34O4. The smallest absolute Gasteiger partial charge is 0.339 e. The Labute approximate surface area is 180 Å². The molecule has 30 heavy (non-hydrogen) atoms. The van der Waals surface area contributed by atoms with Gasteiger partial charge >= 0.3 is 11.9 Å². The highest BCUT2D eigenvalue weighted by Crippen LogP contribution is 2.14. The Kier molecular flexibility index (Phi) is 11.3. The molecule has 2 rings (SSSR count). The summed E-state index contributed by atoms with van der Waals surface area (Å²) >= 11 is 0. The molecule has 162 valence electrons. The molecule has 2 aromatic carbocycles. The third-order valence-corrected chi connectivity index (χ3v) is 5.06. The van der Waals surface area contributed by atoms with Gasteiger partial charge in [-0.05, 0) is 24.1 Å². The highest BCUT2D eigenvalue weighted by Gasteiger charge is 2.19. The van der Waals surface area contributed by atoms with Crippen molar-refractivity contribution in [1.82, 2.24) is 0 Å². The number of carbonyl (C=O) groups is 2. The topological polar surface area (TPSA) is 52.6 Å². The minimum atomic E-state index is -0.519. The number of hydrogen-bond donors (Lipinski definition) is 0. The number of carbonyl (C=O) groups excluding carboxylic acids is 2. The van der Waals surface area contributed by atoms with Gasteiger partial charge in [0.2, 0.25) is 0 Å². The summed E-state index contributed by atoms with van der Waals surface area (Å²) in [7, 11) is 0. The molecule has 0 amide bonds. The second kappa shape index (κ2) is 14.4. The van der Waals surface area contributed by atoms with Crippen LogP contribution < -0.4 is 0 Å². The predicted octanol–water partition coefficient (Wildman–Crippen LogP) is 6.73. The van der Waals surface area contributed by atoms with E-state index >= 15 is 0 Å². The van der Waals surface area contributed by atoms with Gasteiger partial charge in [-0.1, -0.05) is 101 Å². The first-order valence-electron chi connectivity index (χ1n) is 11.2. The normalized spacial score (nSPS) is 10.6. The number of hydrogen-bond acceptors (Lipinski definition) is 4. The van der Waals surface area contributed by atoms with E-state index in [1.54, 1.807) is 24.3 Å². The fraction of sp³-hybridized carbons (Fsp3) is 0.462. The average molecular weight is 411 g/mol. The van der Waals surface area contributed by atoms with Crippen molar-refractivity contribution in [2.45, 2.75) is 71.3 Å². The van der Waals surface area contributed by atoms with E-state index < -0.39 is 11.9 Å². The molecule has 0 radical (unpaired) electrons. The average Bonchev–Trinajstić information content (AvgIpc) is 2.79. The summed E-state index contributed by atoms with van der Waals surface area (Å²) in [5, 5.41) is 0. The van der Waals surface area contributed by atoms with Crippen LogP contribution >= 0.6 is 0 Å². The molecule has 0 heterocycles. The van der Waals surface area contributed by atoms with Gasteiger partial charge in [-0.15, -0.1) is 0 Å². The molecule has 0 aromatic heterocycles. The summed E-state index contributed by atoms with van der Waals surface area (Å²) in [4.78, 5) is 24.9. The van der Waals surface area contributed by atoms with Crippen LogP contribution in [0.4, 0.5) is 0 Å². The van der Waals surface area contributed by atoms with Crippen LogP contribution in [0.5, 0.6) is 0 Å². The molecule has 0 saturated heterocycles. The Balaban J connectivity index is 1.71. The van der Waals surface area contributed by atoms with Crippen molar-refractivity contribution in [2.24, 2.45) is 0 Å². The molecule has 0 bridgehead atoms. The molecule has 0 aliphatic carbocycles. The van der Waals surface area contributed by atoms with Gasteiger partial charge in [0.05, 0.1) is 17.7 Å². The lowest BCUT2D eigenvalue weighted by Gasteiger charge is -2.10. The van der Waals surface area contributed by atoms with Gasteiger partial charge in [0, 0.05) is 0 Å². The van der Waals surface area contributed by atoms with Crippen molar-refractivity contribution in [3.05, 3.63) is 71.3 Å². The minimum absolute atomic E-state index is 0.168. The highest BCUT2D eigenvalue weighted by molar-refractivity contribution is 6.03. The standard InChI is InChI=1S/C26H34O4/c1-2-3-4-5-6-7-8-9-15-20-29-25(27)23-18-13-14-19-24(23)26(28)30-21-22-16-11-10-12-17-22/h10-14,16-19H,2-9,15,20-21H2,1H3. The number of esters is 2. The quantitative estimate of drug-likeness (QED) is 0.256. The second-order valence-electron chi connectivity index (χ2n) is 7.57. The van der Waals surface area contributed by atoms with Crippen LogP contribution in [0, 0.1) is 0 Å². The van der Waals surface area contributed by atoms with Gasteiger partial charge < -0.3 is 9.47 Å². The van der Waals surface area contributed by atoms with Crippen molar-refractivity contribution in [2.75, 3.05) is 6.61 Å². The van der Waals surface area contributed by atoms with Crippen molar-refractivity contribution >= 4 is 11.9 Å². The molecule has 0 fully saturated rings. The first-order chi connectivity index (χ1) is 14.7. The lowest BCUT2D eigenvalue weighted by molar-refractivity contribution is 0.0436. The highest BCUT2D eigenvalue weighted by atomic mass is 16.5. The molecule has 0 aliphatic rings. The Morgan fingerprint density at radius 2 is 1.13 bits per heavy atom. The summed E-state index contributed by atoms with van der Waals surface area (Å²) in [6.07, 6.45) is 10.9. The van der Waals surface area contributed by atoms with Crippen molar-refractivity contribution in [3.63, 3.8) is 0 Å². The zero-order valence-electron chi connectivity index (χ0n) is 18.1. The Morgan fingerprint density at radius 3 is 1.73 bits per heavy atom. The fourth-order valence-corrected chi connectivity index (χ4v) is 3.30. The number of ether oxygens (including phenoxy) is 2. The summed E-state index contributed by atoms with van der Waals surface area (Å²) in [6.45, 7) is 2.77. The molecule has 0 spiro atoms. The van der Waals surface area contributed by atoms with E-state index in [-0.39, 0.29) is 17.7 Å². The Hall–Kier alpha value is -2.62. The second-order valence-corrected chi connectivity index (χ2v) is 7.57. The molecule has 4 heteroatoms. The van der Waals surface area contributed by atoms with Crippen LogP contribution in [-0.4, -0.2) is 18.5 Å². The fourth-order valence-electron chi connectivity index (χ4n) is 3.30. The van der Waals surface area contributed by atoms with E-state index in [4.69, 9.17) is 9.47 Å². The Morgan fingerprint density at radius 1 is 0.633 bits per heavy atom. The van der Waals surface area contributed by atoms with Crippen molar-refractivity contribution in [1.29, 1.82) is 0 Å². The third-order valence-electron chi connectivity index (χ3n) is 5.06. The third kappa shape index (κ3) is 8.81. The molecule has 0 unspecified atom stereocenters. The monoisotopic (exact) mass is 410 g/mol. The van der Waals surface area contributed by atoms with Crippen LogP contribution in [-0.2, 0) is 16.1 Å². The lowest BCUT2D eigenvalue weighted by Crippen LogP contribution is -2.14. The maximum absolute atomic E-state index is 12.5. The first-order valence-corrected chi connectivity index (χ1v) is 11.2. The lowest BCUT2D eigenvalue weighted by atomic mass is 10.1. The van der Waals surface area contributed by atoms with Gasteiger partial charge in [0.15, 0.2) is 0 Å². The van der Waals surface area contributed by atoms with Crippen LogP contribution in [0.2, 0.25) is 0 Å². The van der Waals surface area contributed by atoms with E-state index in [0.717, 1.165) is 18.4 Å². The summed E-state index contributed by atoms with van der Waals surface area (Å²) < 4.78 is 10.8. The molecule has 4 nitrogen and oxygen atoms in total. The van der Waals surface area contributed by atoms with Crippen LogP contribution in [0.25, 0.3) is 0 Å². The van der Waals surface area contributed by atoms with Gasteiger partial charge in [-0.2, -0.15) is 0 Å². The number of rotatable bonds is 14. The molecule has 0 saturated carbocycles. The van der Waals surface area contributed by atoms with Gasteiger partial charge in [0.25, 0.3) is 0 Å². The van der Waals surface area contributed by atoms with Crippen molar-refractivity contribution < 1.29 is 19.1 Å². The largest absolute Gasteiger partial charge is 0.462 e. The molecule has 0 atom stereocenters. The zero-order chi connectivity index (χ0) is 21.4. The Bertz CT molecular complexity index is 755. The first kappa shape index (κ1) is 23.7. The van der Waals surface area contributed by atoms with E-state index in [2.05, 4.69) is 6.92 Å². The summed E-state index contributed by atoms with van der Waals surface area (Å²) in [6, 6.07) is 16.1. The van der Waals surface area contributed by atoms with E-state index in [0.29, 0.717) is 6.61 Å². The maximum atomic E-state index is 12.5. The van der Waals surface area contributed by atoms with Gasteiger partial charge in [0.1, 0.15) is 6.61 Å². The molecule has 0 aliphatic heterocycles. The summed E-state index contributed by atoms with van der Waals surface area (Å²) in [5.74, 6) is -0.990. The van der Waals surface area contributed by atoms with E-state index in [1.165, 1.54) is 44.9 Å². The maximum Gasteiger partial charge on any atom is 0.339 e. The SMILES string of the molecule is CCCCCCCCCCCOC(=O)c1ccccc1C(=O)OCc1ccccc1. The number of benzene rings is 2. The number of unbranched alkanes of at least 4 members (excludes halogenated alkanes) is 8. The minimum Gasteiger partial charge on any atom is -0.462 e. The predicted molar refractivity (Wildman–Crippen MR) is 120 cm³/mol. The van der Waals surface area contributed by atoms with Crippen LogP contribution in [0.3, 0.4) is 0 Å². The van der Waals surface area contributed by atoms with Crippen LogP contribution in [0.1, 0.15) is 91.0 Å².